The van der Waals surface area contributed by atoms with Crippen LogP contribution in [0.4, 0.5) is 9.52 Å². The molecule has 1 aromatic heterocycles. The second-order valence-electron chi connectivity index (χ2n) is 7.64. The first-order valence-electron chi connectivity index (χ1n) is 9.83. The van der Waals surface area contributed by atoms with Gasteiger partial charge in [0.2, 0.25) is 10.0 Å². The first-order valence-corrected chi connectivity index (χ1v) is 12.2. The van der Waals surface area contributed by atoms with Gasteiger partial charge in [0, 0.05) is 38.0 Å². The minimum atomic E-state index is -3.61. The van der Waals surface area contributed by atoms with Crippen LogP contribution in [-0.2, 0) is 16.4 Å². The molecule has 3 aromatic rings. The SMILES string of the molecule is Cc1cc(C)cc(Cc2csc(N3CCN(S(=O)(=O)c4ccc(F)cc4)CC3)n2)c1. The van der Waals surface area contributed by atoms with Crippen molar-refractivity contribution < 1.29 is 12.8 Å². The number of anilines is 1. The van der Waals surface area contributed by atoms with Crippen LogP contribution in [0.25, 0.3) is 0 Å². The molecule has 30 heavy (non-hydrogen) atoms. The summed E-state index contributed by atoms with van der Waals surface area (Å²) in [6.45, 7) is 6.12. The zero-order valence-electron chi connectivity index (χ0n) is 17.0. The Hall–Kier alpha value is -2.29. The molecule has 4 rings (SSSR count). The van der Waals surface area contributed by atoms with Crippen molar-refractivity contribution in [3.05, 3.63) is 76.0 Å². The number of hydrogen-bond donors (Lipinski definition) is 0. The molecule has 0 unspecified atom stereocenters. The van der Waals surface area contributed by atoms with Gasteiger partial charge in [-0.2, -0.15) is 4.31 Å². The number of sulfonamides is 1. The number of aromatic nitrogens is 1. The van der Waals surface area contributed by atoms with Crippen molar-refractivity contribution in [2.75, 3.05) is 31.1 Å². The van der Waals surface area contributed by atoms with Crippen LogP contribution in [0.1, 0.15) is 22.4 Å². The fraction of sp³-hybridized carbons (Fsp3) is 0.318. The van der Waals surface area contributed by atoms with Crippen molar-refractivity contribution in [1.29, 1.82) is 0 Å². The summed E-state index contributed by atoms with van der Waals surface area (Å²) in [6.07, 6.45) is 0.790. The molecule has 0 aliphatic carbocycles. The highest BCUT2D eigenvalue weighted by molar-refractivity contribution is 7.89. The van der Waals surface area contributed by atoms with E-state index in [1.165, 1.54) is 45.3 Å². The van der Waals surface area contributed by atoms with Crippen LogP contribution in [0.3, 0.4) is 0 Å². The number of thiazole rings is 1. The van der Waals surface area contributed by atoms with Gasteiger partial charge < -0.3 is 4.90 Å². The normalized spacial score (nSPS) is 15.5. The zero-order valence-corrected chi connectivity index (χ0v) is 18.6. The summed E-state index contributed by atoms with van der Waals surface area (Å²) in [7, 11) is -3.61. The van der Waals surface area contributed by atoms with E-state index in [4.69, 9.17) is 4.98 Å². The molecule has 0 N–H and O–H groups in total. The van der Waals surface area contributed by atoms with E-state index >= 15 is 0 Å². The molecule has 0 atom stereocenters. The average molecular weight is 446 g/mol. The summed E-state index contributed by atoms with van der Waals surface area (Å²) < 4.78 is 40.1. The van der Waals surface area contributed by atoms with Crippen LogP contribution >= 0.6 is 11.3 Å². The maximum Gasteiger partial charge on any atom is 0.243 e. The second-order valence-corrected chi connectivity index (χ2v) is 10.4. The number of nitrogens with zero attached hydrogens (tertiary/aromatic N) is 3. The van der Waals surface area contributed by atoms with Gasteiger partial charge in [0.25, 0.3) is 0 Å². The largest absolute Gasteiger partial charge is 0.345 e. The minimum Gasteiger partial charge on any atom is -0.345 e. The Balaban J connectivity index is 1.40. The highest BCUT2D eigenvalue weighted by atomic mass is 32.2. The van der Waals surface area contributed by atoms with Gasteiger partial charge in [-0.05, 0) is 43.7 Å². The molecule has 2 aromatic carbocycles. The number of benzene rings is 2. The maximum atomic E-state index is 13.1. The fourth-order valence-electron chi connectivity index (χ4n) is 3.78. The van der Waals surface area contributed by atoms with E-state index in [2.05, 4.69) is 42.3 Å². The van der Waals surface area contributed by atoms with E-state index in [0.29, 0.717) is 26.2 Å². The molecule has 0 amide bonds. The molecule has 0 radical (unpaired) electrons. The van der Waals surface area contributed by atoms with Gasteiger partial charge in [0.15, 0.2) is 5.13 Å². The predicted octanol–water partition coefficient (Wildman–Crippen LogP) is 4.00. The Labute approximate surface area is 180 Å². The lowest BCUT2D eigenvalue weighted by atomic mass is 10.0. The van der Waals surface area contributed by atoms with Crippen molar-refractivity contribution in [2.24, 2.45) is 0 Å². The summed E-state index contributed by atoms with van der Waals surface area (Å²) in [5.41, 5.74) is 4.78. The molecule has 5 nitrogen and oxygen atoms in total. The van der Waals surface area contributed by atoms with Crippen molar-refractivity contribution in [3.63, 3.8) is 0 Å². The fourth-order valence-corrected chi connectivity index (χ4v) is 6.08. The molecule has 1 aliphatic heterocycles. The lowest BCUT2D eigenvalue weighted by Crippen LogP contribution is -2.48. The second kappa shape index (κ2) is 8.45. The number of halogens is 1. The predicted molar refractivity (Wildman–Crippen MR) is 118 cm³/mol. The summed E-state index contributed by atoms with van der Waals surface area (Å²) in [4.78, 5) is 7.04. The molecule has 0 saturated carbocycles. The van der Waals surface area contributed by atoms with Crippen LogP contribution < -0.4 is 4.90 Å². The van der Waals surface area contributed by atoms with E-state index in [1.807, 2.05) is 0 Å². The minimum absolute atomic E-state index is 0.127. The van der Waals surface area contributed by atoms with Crippen LogP contribution in [0.15, 0.2) is 52.7 Å². The van der Waals surface area contributed by atoms with Crippen molar-refractivity contribution in [1.82, 2.24) is 9.29 Å². The highest BCUT2D eigenvalue weighted by Crippen LogP contribution is 2.25. The van der Waals surface area contributed by atoms with Crippen LogP contribution in [0.5, 0.6) is 0 Å². The molecular formula is C22H24FN3O2S2. The molecule has 1 saturated heterocycles. The Bertz CT molecular complexity index is 1120. The lowest BCUT2D eigenvalue weighted by molar-refractivity contribution is 0.384. The third-order valence-electron chi connectivity index (χ3n) is 5.17. The van der Waals surface area contributed by atoms with Gasteiger partial charge in [-0.3, -0.25) is 0 Å². The summed E-state index contributed by atoms with van der Waals surface area (Å²) in [6, 6.07) is 11.5. The van der Waals surface area contributed by atoms with Gasteiger partial charge >= 0.3 is 0 Å². The molecule has 0 bridgehead atoms. The smallest absolute Gasteiger partial charge is 0.243 e. The standard InChI is InChI=1S/C22H24FN3O2S2/c1-16-11-17(2)13-18(12-16)14-20-15-29-22(24-20)25-7-9-26(10-8-25)30(27,28)21-5-3-19(23)4-6-21/h3-6,11-13,15H,7-10,14H2,1-2H3. The summed E-state index contributed by atoms with van der Waals surface area (Å²) >= 11 is 1.60. The third-order valence-corrected chi connectivity index (χ3v) is 8.03. The maximum absolute atomic E-state index is 13.1. The van der Waals surface area contributed by atoms with Crippen LogP contribution in [0.2, 0.25) is 0 Å². The third kappa shape index (κ3) is 4.55. The summed E-state index contributed by atoms with van der Waals surface area (Å²) in [5, 5.41) is 3.00. The molecule has 2 heterocycles. The highest BCUT2D eigenvalue weighted by Gasteiger charge is 2.29. The Kier molecular flexibility index (Phi) is 5.90. The molecule has 8 heteroatoms. The van der Waals surface area contributed by atoms with Crippen LogP contribution in [0, 0.1) is 19.7 Å². The average Bonchev–Trinajstić information content (AvgIpc) is 3.16. The summed E-state index contributed by atoms with van der Waals surface area (Å²) in [5.74, 6) is -0.445. The van der Waals surface area contributed by atoms with Crippen molar-refractivity contribution >= 4 is 26.5 Å². The monoisotopic (exact) mass is 445 g/mol. The van der Waals surface area contributed by atoms with Crippen molar-refractivity contribution in [2.45, 2.75) is 25.2 Å². The zero-order chi connectivity index (χ0) is 21.3. The molecule has 0 spiro atoms. The topological polar surface area (TPSA) is 53.5 Å². The van der Waals surface area contributed by atoms with E-state index in [1.54, 1.807) is 11.3 Å². The molecule has 158 valence electrons. The Morgan fingerprint density at radius 2 is 1.63 bits per heavy atom. The lowest BCUT2D eigenvalue weighted by Gasteiger charge is -2.33. The van der Waals surface area contributed by atoms with E-state index in [0.717, 1.165) is 17.2 Å². The number of hydrogen-bond acceptors (Lipinski definition) is 5. The van der Waals surface area contributed by atoms with Gasteiger partial charge in [0.05, 0.1) is 10.6 Å². The first kappa shape index (κ1) is 21.0. The van der Waals surface area contributed by atoms with Gasteiger partial charge in [-0.1, -0.05) is 29.3 Å². The van der Waals surface area contributed by atoms with E-state index < -0.39 is 15.8 Å². The first-order chi connectivity index (χ1) is 14.3. The molecular weight excluding hydrogens is 421 g/mol. The molecule has 1 fully saturated rings. The van der Waals surface area contributed by atoms with Crippen LogP contribution in [-0.4, -0.2) is 43.9 Å². The number of piperazine rings is 1. The number of aryl methyl sites for hydroxylation is 2. The number of rotatable bonds is 5. The quantitative estimate of drug-likeness (QED) is 0.596. The van der Waals surface area contributed by atoms with Crippen molar-refractivity contribution in [3.8, 4) is 0 Å². The van der Waals surface area contributed by atoms with E-state index in [-0.39, 0.29) is 4.90 Å². The molecule has 1 aliphatic rings. The van der Waals surface area contributed by atoms with Gasteiger partial charge in [-0.25, -0.2) is 17.8 Å². The Morgan fingerprint density at radius 1 is 1.00 bits per heavy atom. The Morgan fingerprint density at radius 3 is 2.27 bits per heavy atom. The van der Waals surface area contributed by atoms with Gasteiger partial charge in [-0.15, -0.1) is 11.3 Å². The van der Waals surface area contributed by atoms with Gasteiger partial charge in [0.1, 0.15) is 5.82 Å². The van der Waals surface area contributed by atoms with E-state index in [9.17, 15) is 12.8 Å².